The quantitative estimate of drug-likeness (QED) is 0.542. The van der Waals surface area contributed by atoms with Crippen molar-refractivity contribution in [3.8, 4) is 0 Å². The number of hydrogen-bond acceptors (Lipinski definition) is 1. The first-order valence-corrected chi connectivity index (χ1v) is 6.52. The van der Waals surface area contributed by atoms with Crippen molar-refractivity contribution in [3.05, 3.63) is 12.2 Å². The molecule has 4 aliphatic carbocycles. The highest BCUT2D eigenvalue weighted by Crippen LogP contribution is 2.72. The van der Waals surface area contributed by atoms with Gasteiger partial charge in [0.15, 0.2) is 0 Å². The lowest BCUT2D eigenvalue weighted by Crippen LogP contribution is -2.41. The Morgan fingerprint density at radius 3 is 2.81 bits per heavy atom. The van der Waals surface area contributed by atoms with Gasteiger partial charge in [0.2, 0.25) is 0 Å². The van der Waals surface area contributed by atoms with Crippen molar-refractivity contribution < 1.29 is 9.90 Å². The minimum atomic E-state index is -0.546. The summed E-state index contributed by atoms with van der Waals surface area (Å²) in [6.07, 6.45) is 8.22. The molecule has 4 aliphatic rings. The van der Waals surface area contributed by atoms with Crippen LogP contribution in [0.1, 0.15) is 26.2 Å². The van der Waals surface area contributed by atoms with Crippen LogP contribution < -0.4 is 0 Å². The Morgan fingerprint density at radius 2 is 2.06 bits per heavy atom. The molecule has 1 N–H and O–H groups in total. The maximum Gasteiger partial charge on any atom is 0.307 e. The van der Waals surface area contributed by atoms with Gasteiger partial charge in [0.1, 0.15) is 0 Å². The highest BCUT2D eigenvalue weighted by Gasteiger charge is 2.67. The predicted molar refractivity (Wildman–Crippen MR) is 59.7 cm³/mol. The molecule has 0 spiro atoms. The molecule has 4 rings (SSSR count). The topological polar surface area (TPSA) is 37.3 Å². The van der Waals surface area contributed by atoms with Crippen LogP contribution in [-0.2, 0) is 4.79 Å². The third-order valence-corrected chi connectivity index (χ3v) is 6.16. The third kappa shape index (κ3) is 0.813. The molecule has 7 unspecified atom stereocenters. The minimum absolute atomic E-state index is 0.0634. The van der Waals surface area contributed by atoms with E-state index in [0.717, 1.165) is 18.3 Å². The van der Waals surface area contributed by atoms with E-state index in [0.29, 0.717) is 17.8 Å². The molecule has 16 heavy (non-hydrogen) atoms. The number of rotatable bonds is 1. The fourth-order valence-electron chi connectivity index (χ4n) is 5.84. The Balaban J connectivity index is 1.78. The second-order valence-corrected chi connectivity index (χ2v) is 6.65. The molecular weight excluding hydrogens is 200 g/mol. The first-order chi connectivity index (χ1) is 7.61. The highest BCUT2D eigenvalue weighted by atomic mass is 16.4. The number of carboxylic acids is 1. The first kappa shape index (κ1) is 9.26. The van der Waals surface area contributed by atoms with Crippen molar-refractivity contribution in [3.63, 3.8) is 0 Å². The van der Waals surface area contributed by atoms with Gasteiger partial charge >= 0.3 is 5.97 Å². The number of carbonyl (C=O) groups is 1. The van der Waals surface area contributed by atoms with E-state index in [9.17, 15) is 9.90 Å². The van der Waals surface area contributed by atoms with Crippen LogP contribution in [0, 0.1) is 40.9 Å². The van der Waals surface area contributed by atoms with E-state index in [2.05, 4.69) is 19.1 Å². The van der Waals surface area contributed by atoms with Crippen LogP contribution in [0.3, 0.4) is 0 Å². The minimum Gasteiger partial charge on any atom is -0.481 e. The standard InChI is InChI=1S/C14H18O2/c1-14-6-9(5-10(14)13(15)16)11-7-2-3-8(4-7)12(11)14/h2-3,7-12H,4-6H2,1H3,(H,15,16). The van der Waals surface area contributed by atoms with Gasteiger partial charge in [-0.3, -0.25) is 4.79 Å². The summed E-state index contributed by atoms with van der Waals surface area (Å²) in [5, 5.41) is 9.37. The van der Waals surface area contributed by atoms with Crippen LogP contribution in [0.2, 0.25) is 0 Å². The van der Waals surface area contributed by atoms with Gasteiger partial charge < -0.3 is 5.11 Å². The summed E-state index contributed by atoms with van der Waals surface area (Å²) in [6, 6.07) is 0. The van der Waals surface area contributed by atoms with E-state index in [1.54, 1.807) is 0 Å². The van der Waals surface area contributed by atoms with Crippen LogP contribution in [-0.4, -0.2) is 11.1 Å². The van der Waals surface area contributed by atoms with Crippen LogP contribution in [0.5, 0.6) is 0 Å². The zero-order valence-electron chi connectivity index (χ0n) is 9.60. The zero-order valence-corrected chi connectivity index (χ0v) is 9.60. The average Bonchev–Trinajstić information content (AvgIpc) is 2.89. The zero-order chi connectivity index (χ0) is 11.1. The molecule has 0 heterocycles. The number of aliphatic carboxylic acids is 1. The number of allylic oxidation sites excluding steroid dienone is 2. The molecule has 3 saturated carbocycles. The Labute approximate surface area is 95.7 Å². The van der Waals surface area contributed by atoms with E-state index >= 15 is 0 Å². The summed E-state index contributed by atoms with van der Waals surface area (Å²) in [6.45, 7) is 2.25. The lowest BCUT2D eigenvalue weighted by molar-refractivity contribution is -0.148. The van der Waals surface area contributed by atoms with E-state index in [4.69, 9.17) is 0 Å². The lowest BCUT2D eigenvalue weighted by atomic mass is 9.62. The summed E-state index contributed by atoms with van der Waals surface area (Å²) in [4.78, 5) is 11.4. The first-order valence-electron chi connectivity index (χ1n) is 6.52. The highest BCUT2D eigenvalue weighted by molar-refractivity contribution is 5.72. The second-order valence-electron chi connectivity index (χ2n) is 6.65. The van der Waals surface area contributed by atoms with Crippen molar-refractivity contribution in [1.82, 2.24) is 0 Å². The van der Waals surface area contributed by atoms with Crippen molar-refractivity contribution in [2.24, 2.45) is 40.9 Å². The summed E-state index contributed by atoms with van der Waals surface area (Å²) >= 11 is 0. The number of carboxylic acid groups (broad SMARTS) is 1. The SMILES string of the molecule is CC12CC(CC1C(=O)O)C1C3C=CC(C3)C12. The Bertz CT molecular complexity index is 400. The summed E-state index contributed by atoms with van der Waals surface area (Å²) in [5.41, 5.74) is 0.103. The van der Waals surface area contributed by atoms with Crippen molar-refractivity contribution >= 4 is 5.97 Å². The number of fused-ring (bicyclic) bond motifs is 9. The number of hydrogen-bond donors (Lipinski definition) is 1. The van der Waals surface area contributed by atoms with E-state index in [-0.39, 0.29) is 11.3 Å². The van der Waals surface area contributed by atoms with E-state index in [1.165, 1.54) is 12.8 Å². The van der Waals surface area contributed by atoms with E-state index in [1.807, 2.05) is 0 Å². The van der Waals surface area contributed by atoms with Crippen molar-refractivity contribution in [2.45, 2.75) is 26.2 Å². The molecule has 2 heteroatoms. The van der Waals surface area contributed by atoms with E-state index < -0.39 is 5.97 Å². The molecule has 0 radical (unpaired) electrons. The molecule has 4 bridgehead atoms. The summed E-state index contributed by atoms with van der Waals surface area (Å²) < 4.78 is 0. The lowest BCUT2D eigenvalue weighted by Gasteiger charge is -2.41. The molecule has 86 valence electrons. The molecule has 2 nitrogen and oxygen atoms in total. The monoisotopic (exact) mass is 218 g/mol. The Kier molecular flexibility index (Phi) is 1.47. The molecular formula is C14H18O2. The summed E-state index contributed by atoms with van der Waals surface area (Å²) in [7, 11) is 0. The van der Waals surface area contributed by atoms with Crippen molar-refractivity contribution in [1.29, 1.82) is 0 Å². The van der Waals surface area contributed by atoms with Gasteiger partial charge in [0.05, 0.1) is 5.92 Å². The van der Waals surface area contributed by atoms with Gasteiger partial charge in [-0.1, -0.05) is 19.1 Å². The molecule has 7 atom stereocenters. The normalized spacial score (nSPS) is 60.6. The fourth-order valence-corrected chi connectivity index (χ4v) is 5.84. The fraction of sp³-hybridized carbons (Fsp3) is 0.786. The molecule has 3 fully saturated rings. The molecule has 0 aliphatic heterocycles. The van der Waals surface area contributed by atoms with Gasteiger partial charge in [-0.2, -0.15) is 0 Å². The third-order valence-electron chi connectivity index (χ3n) is 6.16. The van der Waals surface area contributed by atoms with Gasteiger partial charge in [-0.25, -0.2) is 0 Å². The van der Waals surface area contributed by atoms with Crippen LogP contribution in [0.4, 0.5) is 0 Å². The molecule has 0 aromatic heterocycles. The Morgan fingerprint density at radius 1 is 1.31 bits per heavy atom. The predicted octanol–water partition coefficient (Wildman–Crippen LogP) is 2.56. The molecule has 0 amide bonds. The Hall–Kier alpha value is -0.790. The molecule has 0 aromatic carbocycles. The second kappa shape index (κ2) is 2.55. The average molecular weight is 218 g/mol. The van der Waals surface area contributed by atoms with Crippen LogP contribution >= 0.6 is 0 Å². The summed E-state index contributed by atoms with van der Waals surface area (Å²) in [5.74, 6) is 3.10. The molecule has 0 saturated heterocycles. The maximum absolute atomic E-state index is 11.4. The van der Waals surface area contributed by atoms with Crippen molar-refractivity contribution in [2.75, 3.05) is 0 Å². The van der Waals surface area contributed by atoms with Gasteiger partial charge in [-0.05, 0) is 54.3 Å². The maximum atomic E-state index is 11.4. The largest absolute Gasteiger partial charge is 0.481 e. The van der Waals surface area contributed by atoms with Crippen LogP contribution in [0.15, 0.2) is 12.2 Å². The van der Waals surface area contributed by atoms with Gasteiger partial charge in [-0.15, -0.1) is 0 Å². The van der Waals surface area contributed by atoms with Crippen LogP contribution in [0.25, 0.3) is 0 Å². The van der Waals surface area contributed by atoms with Gasteiger partial charge in [0.25, 0.3) is 0 Å². The molecule has 0 aromatic rings. The smallest absolute Gasteiger partial charge is 0.307 e. The van der Waals surface area contributed by atoms with Gasteiger partial charge in [0, 0.05) is 0 Å².